The standard InChI is InChI=1S/C22H15N2O.C11H8N.Ir/c1-13-6-9-20(24-11-13)18-5-3-4-16-17-8-7-15-12-23-14(2)10-19(15)22(17)25-21(16)18;1-2-6-10(7-3-1)11-8-4-5-9-12-11;/h3-4,6-12H,1-2H3;1-6,8-9H;/q2*-1;/i1D3,2D3;;. The summed E-state index contributed by atoms with van der Waals surface area (Å²) < 4.78 is 51.7. The minimum Gasteiger partial charge on any atom is -0.500 e. The molecule has 0 saturated carbocycles. The molecule has 0 fully saturated rings. The number of rotatable bonds is 2. The molecular formula is C33H23IrN3O-2. The van der Waals surface area contributed by atoms with Gasteiger partial charge in [-0.2, -0.15) is 0 Å². The van der Waals surface area contributed by atoms with Crippen LogP contribution in [0.25, 0.3) is 55.2 Å². The van der Waals surface area contributed by atoms with Crippen LogP contribution in [-0.2, 0) is 20.1 Å². The Labute approximate surface area is 243 Å². The Bertz CT molecular complexity index is 2010. The van der Waals surface area contributed by atoms with E-state index in [1.165, 1.54) is 18.5 Å². The zero-order valence-corrected chi connectivity index (χ0v) is 22.3. The first-order chi connectivity index (χ1) is 20.6. The fourth-order valence-electron chi connectivity index (χ4n) is 4.22. The third-order valence-corrected chi connectivity index (χ3v) is 5.97. The number of hydrogen-bond acceptors (Lipinski definition) is 4. The van der Waals surface area contributed by atoms with E-state index < -0.39 is 13.7 Å². The van der Waals surface area contributed by atoms with E-state index in [0.717, 1.165) is 27.4 Å². The second-order valence-electron chi connectivity index (χ2n) is 8.35. The molecular weight excluding hydrogens is 647 g/mol. The summed E-state index contributed by atoms with van der Waals surface area (Å²) in [6.07, 6.45) is 4.66. The van der Waals surface area contributed by atoms with Crippen molar-refractivity contribution in [2.45, 2.75) is 13.7 Å². The van der Waals surface area contributed by atoms with Gasteiger partial charge in [-0.3, -0.25) is 4.98 Å². The van der Waals surface area contributed by atoms with Crippen LogP contribution in [0, 0.1) is 25.8 Å². The Morgan fingerprint density at radius 3 is 2.39 bits per heavy atom. The van der Waals surface area contributed by atoms with E-state index in [0.29, 0.717) is 27.8 Å². The zero-order valence-electron chi connectivity index (χ0n) is 25.9. The van der Waals surface area contributed by atoms with Crippen molar-refractivity contribution in [3.63, 3.8) is 0 Å². The number of benzene rings is 3. The maximum Gasteiger partial charge on any atom is 0.128 e. The number of fused-ring (bicyclic) bond motifs is 5. The van der Waals surface area contributed by atoms with Gasteiger partial charge < -0.3 is 14.4 Å². The molecule has 0 amide bonds. The van der Waals surface area contributed by atoms with E-state index in [2.05, 4.69) is 27.1 Å². The van der Waals surface area contributed by atoms with Crippen LogP contribution in [0.5, 0.6) is 0 Å². The van der Waals surface area contributed by atoms with Crippen LogP contribution in [0.1, 0.15) is 19.5 Å². The summed E-state index contributed by atoms with van der Waals surface area (Å²) in [7, 11) is 0. The van der Waals surface area contributed by atoms with Crippen LogP contribution < -0.4 is 0 Å². The van der Waals surface area contributed by atoms with Crippen LogP contribution in [0.15, 0.2) is 108 Å². The minimum atomic E-state index is -2.32. The Hall–Kier alpha value is -4.18. The van der Waals surface area contributed by atoms with E-state index in [4.69, 9.17) is 12.6 Å². The summed E-state index contributed by atoms with van der Waals surface area (Å²) in [5.74, 6) is 0. The summed E-state index contributed by atoms with van der Waals surface area (Å²) in [5.41, 5.74) is 4.41. The van der Waals surface area contributed by atoms with Crippen LogP contribution in [0.3, 0.4) is 0 Å². The zero-order chi connectivity index (χ0) is 30.2. The van der Waals surface area contributed by atoms with Crippen LogP contribution in [0.4, 0.5) is 0 Å². The molecule has 0 N–H and O–H groups in total. The van der Waals surface area contributed by atoms with Gasteiger partial charge in [-0.05, 0) is 42.8 Å². The molecule has 0 aliphatic carbocycles. The van der Waals surface area contributed by atoms with Crippen LogP contribution in [0.2, 0.25) is 0 Å². The van der Waals surface area contributed by atoms with Gasteiger partial charge in [0.15, 0.2) is 0 Å². The Morgan fingerprint density at radius 2 is 1.63 bits per heavy atom. The largest absolute Gasteiger partial charge is 0.500 e. The molecule has 3 aromatic carbocycles. The predicted molar refractivity (Wildman–Crippen MR) is 149 cm³/mol. The van der Waals surface area contributed by atoms with Gasteiger partial charge >= 0.3 is 0 Å². The van der Waals surface area contributed by atoms with Gasteiger partial charge in [0.2, 0.25) is 0 Å². The molecule has 1 radical (unpaired) electrons. The molecule has 7 aromatic rings. The Kier molecular flexibility index (Phi) is 5.52. The monoisotopic (exact) mass is 676 g/mol. The SMILES string of the molecule is [2H]C([2H])([2H])c1ccc(-c2[c-]ccc3c2oc2c4cc(C([2H])([2H])[2H])ncc4ccc32)nc1.[Ir].[c-]1ccccc1-c1ccccn1. The molecule has 0 aliphatic heterocycles. The third-order valence-electron chi connectivity index (χ3n) is 5.97. The Balaban J connectivity index is 0.000000248. The molecule has 0 atom stereocenters. The van der Waals surface area contributed by atoms with Crippen molar-refractivity contribution < 1.29 is 32.7 Å². The molecule has 0 aliphatic rings. The molecule has 5 heteroatoms. The average Bonchev–Trinajstić information content (AvgIpc) is 3.41. The molecule has 0 unspecified atom stereocenters. The number of hydrogen-bond donors (Lipinski definition) is 0. The number of aromatic nitrogens is 3. The molecule has 4 heterocycles. The Morgan fingerprint density at radius 1 is 0.711 bits per heavy atom. The van der Waals surface area contributed by atoms with Crippen molar-refractivity contribution >= 4 is 32.7 Å². The van der Waals surface area contributed by atoms with Crippen LogP contribution >= 0.6 is 0 Å². The first-order valence-corrected chi connectivity index (χ1v) is 11.6. The molecule has 4 nitrogen and oxygen atoms in total. The molecule has 0 saturated heterocycles. The quantitative estimate of drug-likeness (QED) is 0.174. The summed E-state index contributed by atoms with van der Waals surface area (Å²) in [6, 6.07) is 32.1. The normalized spacial score (nSPS) is 13.7. The van der Waals surface area contributed by atoms with E-state index >= 15 is 0 Å². The van der Waals surface area contributed by atoms with Gasteiger partial charge in [-0.25, -0.2) is 0 Å². The van der Waals surface area contributed by atoms with Crippen molar-refractivity contribution in [1.82, 2.24) is 15.0 Å². The molecule has 4 aromatic heterocycles. The smallest absolute Gasteiger partial charge is 0.128 e. The summed E-state index contributed by atoms with van der Waals surface area (Å²) >= 11 is 0. The van der Waals surface area contributed by atoms with Crippen molar-refractivity contribution in [3.05, 3.63) is 127 Å². The van der Waals surface area contributed by atoms with E-state index in [9.17, 15) is 0 Å². The maximum absolute atomic E-state index is 7.66. The number of aryl methyl sites for hydroxylation is 2. The van der Waals surface area contributed by atoms with Gasteiger partial charge in [0.1, 0.15) is 5.58 Å². The molecule has 38 heavy (non-hydrogen) atoms. The predicted octanol–water partition coefficient (Wildman–Crippen LogP) is 8.16. The summed E-state index contributed by atoms with van der Waals surface area (Å²) in [5, 5.41) is 3.09. The van der Waals surface area contributed by atoms with Crippen molar-refractivity contribution in [1.29, 1.82) is 0 Å². The number of pyridine rings is 3. The first-order valence-electron chi connectivity index (χ1n) is 14.6. The number of nitrogens with zero attached hydrogens (tertiary/aromatic N) is 3. The second-order valence-corrected chi connectivity index (χ2v) is 8.35. The molecule has 0 spiro atoms. The van der Waals surface area contributed by atoms with E-state index in [1.54, 1.807) is 24.4 Å². The van der Waals surface area contributed by atoms with Crippen molar-refractivity contribution in [2.75, 3.05) is 0 Å². The van der Waals surface area contributed by atoms with Crippen LogP contribution in [-0.4, -0.2) is 15.0 Å². The minimum absolute atomic E-state index is 0. The van der Waals surface area contributed by atoms with E-state index in [-0.39, 0.29) is 31.4 Å². The summed E-state index contributed by atoms with van der Waals surface area (Å²) in [6.45, 7) is -4.55. The maximum atomic E-state index is 7.66. The van der Waals surface area contributed by atoms with Gasteiger partial charge in [-0.15, -0.1) is 54.1 Å². The van der Waals surface area contributed by atoms with Crippen molar-refractivity contribution in [3.8, 4) is 22.5 Å². The fourth-order valence-corrected chi connectivity index (χ4v) is 4.22. The van der Waals surface area contributed by atoms with Gasteiger partial charge in [0.05, 0.1) is 5.58 Å². The van der Waals surface area contributed by atoms with Gasteiger partial charge in [0.25, 0.3) is 0 Å². The topological polar surface area (TPSA) is 51.8 Å². The van der Waals surface area contributed by atoms with Gasteiger partial charge in [0, 0.05) is 68.8 Å². The fraction of sp³-hybridized carbons (Fsp3) is 0.0606. The first kappa shape index (κ1) is 19.0. The summed E-state index contributed by atoms with van der Waals surface area (Å²) in [4.78, 5) is 12.6. The molecule has 187 valence electrons. The second kappa shape index (κ2) is 11.1. The van der Waals surface area contributed by atoms with Gasteiger partial charge in [-0.1, -0.05) is 47.3 Å². The van der Waals surface area contributed by atoms with E-state index in [1.807, 2.05) is 60.7 Å². The third kappa shape index (κ3) is 4.99. The van der Waals surface area contributed by atoms with Crippen molar-refractivity contribution in [2.24, 2.45) is 0 Å². The average molecular weight is 676 g/mol. The molecule has 0 bridgehead atoms. The number of furan rings is 1. The molecule has 7 rings (SSSR count).